The van der Waals surface area contributed by atoms with Gasteiger partial charge in [-0.05, 0) is 30.7 Å². The van der Waals surface area contributed by atoms with Gasteiger partial charge in [-0.15, -0.1) is 0 Å². The zero-order valence-electron chi connectivity index (χ0n) is 18.6. The molecule has 9 nitrogen and oxygen atoms in total. The van der Waals surface area contributed by atoms with Crippen LogP contribution in [0.15, 0.2) is 30.3 Å². The monoisotopic (exact) mass is 435 g/mol. The number of primary amides is 1. The lowest BCUT2D eigenvalue weighted by atomic mass is 9.96. The summed E-state index contributed by atoms with van der Waals surface area (Å²) in [6.45, 7) is 7.35. The van der Waals surface area contributed by atoms with E-state index < -0.39 is 41.9 Å². The number of alkyl carbamates (subject to hydrolysis) is 1. The standard InChI is InChI=1S/C22H33N3O6/c1-5-30-18(26)12-15(4)19(20(23)27)25-21(28)17(11-14(2)3)24-22(29)31-13-16-9-7-6-8-10-16/h6-10,14-15,17,19H,5,11-13H2,1-4H3,(H2,23,27)(H,24,29)(H,25,28)/t15-,17+,19-/m1/s1. The van der Waals surface area contributed by atoms with Crippen molar-refractivity contribution in [3.05, 3.63) is 35.9 Å². The fraction of sp³-hybridized carbons (Fsp3) is 0.545. The third kappa shape index (κ3) is 9.97. The second kappa shape index (κ2) is 13.3. The van der Waals surface area contributed by atoms with E-state index in [-0.39, 0.29) is 25.6 Å². The molecule has 0 unspecified atom stereocenters. The van der Waals surface area contributed by atoms with E-state index in [1.165, 1.54) is 0 Å². The Morgan fingerprint density at radius 2 is 1.65 bits per heavy atom. The van der Waals surface area contributed by atoms with Crippen LogP contribution in [0.25, 0.3) is 0 Å². The maximum absolute atomic E-state index is 12.8. The number of carbonyl (C=O) groups excluding carboxylic acids is 4. The van der Waals surface area contributed by atoms with Crippen molar-refractivity contribution in [1.82, 2.24) is 10.6 Å². The molecule has 0 heterocycles. The highest BCUT2D eigenvalue weighted by Crippen LogP contribution is 2.12. The minimum absolute atomic E-state index is 0.0587. The summed E-state index contributed by atoms with van der Waals surface area (Å²) in [5, 5.41) is 5.10. The van der Waals surface area contributed by atoms with Gasteiger partial charge in [0.2, 0.25) is 11.8 Å². The molecular formula is C22H33N3O6. The Kier molecular flexibility index (Phi) is 11.1. The minimum atomic E-state index is -1.09. The van der Waals surface area contributed by atoms with E-state index in [1.807, 2.05) is 44.2 Å². The topological polar surface area (TPSA) is 137 Å². The largest absolute Gasteiger partial charge is 0.466 e. The fourth-order valence-corrected chi connectivity index (χ4v) is 2.96. The second-order valence-electron chi connectivity index (χ2n) is 7.76. The van der Waals surface area contributed by atoms with Crippen molar-refractivity contribution < 1.29 is 28.7 Å². The van der Waals surface area contributed by atoms with Gasteiger partial charge in [0.15, 0.2) is 0 Å². The molecule has 9 heteroatoms. The van der Waals surface area contributed by atoms with Gasteiger partial charge >= 0.3 is 12.1 Å². The summed E-state index contributed by atoms with van der Waals surface area (Å²) in [6, 6.07) is 7.11. The molecular weight excluding hydrogens is 402 g/mol. The zero-order valence-corrected chi connectivity index (χ0v) is 18.6. The Hall–Kier alpha value is -3.10. The summed E-state index contributed by atoms with van der Waals surface area (Å²) in [5.74, 6) is -2.35. The number of amides is 3. The zero-order chi connectivity index (χ0) is 23.4. The molecule has 0 aromatic heterocycles. The number of hydrogen-bond donors (Lipinski definition) is 3. The van der Waals surface area contributed by atoms with Crippen LogP contribution in [0.2, 0.25) is 0 Å². The molecule has 31 heavy (non-hydrogen) atoms. The summed E-state index contributed by atoms with van der Waals surface area (Å²) < 4.78 is 10.1. The van der Waals surface area contributed by atoms with Crippen LogP contribution in [0, 0.1) is 11.8 Å². The molecule has 1 aromatic rings. The van der Waals surface area contributed by atoms with E-state index in [9.17, 15) is 19.2 Å². The van der Waals surface area contributed by atoms with Crippen LogP contribution >= 0.6 is 0 Å². The Balaban J connectivity index is 2.76. The molecule has 1 rings (SSSR count). The van der Waals surface area contributed by atoms with Gasteiger partial charge in [0.25, 0.3) is 0 Å². The lowest BCUT2D eigenvalue weighted by Gasteiger charge is -2.25. The molecule has 0 radical (unpaired) electrons. The van der Waals surface area contributed by atoms with Crippen LogP contribution in [-0.2, 0) is 30.5 Å². The van der Waals surface area contributed by atoms with Crippen LogP contribution in [0.1, 0.15) is 46.1 Å². The van der Waals surface area contributed by atoms with Crippen LogP contribution in [0.5, 0.6) is 0 Å². The van der Waals surface area contributed by atoms with Crippen LogP contribution in [0.4, 0.5) is 4.79 Å². The predicted octanol–water partition coefficient (Wildman–Crippen LogP) is 1.89. The summed E-state index contributed by atoms with van der Waals surface area (Å²) in [7, 11) is 0. The second-order valence-corrected chi connectivity index (χ2v) is 7.76. The number of hydrogen-bond acceptors (Lipinski definition) is 6. The van der Waals surface area contributed by atoms with Crippen molar-refractivity contribution in [2.45, 2.75) is 59.2 Å². The summed E-state index contributed by atoms with van der Waals surface area (Å²) in [5.41, 5.74) is 6.24. The van der Waals surface area contributed by atoms with Crippen LogP contribution in [0.3, 0.4) is 0 Å². The lowest BCUT2D eigenvalue weighted by Crippen LogP contribution is -2.55. The molecule has 0 spiro atoms. The molecule has 0 aliphatic heterocycles. The number of esters is 1. The van der Waals surface area contributed by atoms with Crippen LogP contribution in [-0.4, -0.2) is 42.6 Å². The van der Waals surface area contributed by atoms with Crippen molar-refractivity contribution in [1.29, 1.82) is 0 Å². The molecule has 0 saturated carbocycles. The third-order valence-corrected chi connectivity index (χ3v) is 4.50. The highest BCUT2D eigenvalue weighted by atomic mass is 16.5. The molecule has 4 N–H and O–H groups in total. The van der Waals surface area contributed by atoms with Gasteiger partial charge in [0, 0.05) is 0 Å². The average molecular weight is 436 g/mol. The molecule has 0 aliphatic rings. The van der Waals surface area contributed by atoms with E-state index in [2.05, 4.69) is 10.6 Å². The van der Waals surface area contributed by atoms with Gasteiger partial charge in [-0.25, -0.2) is 4.79 Å². The number of rotatable bonds is 12. The van der Waals surface area contributed by atoms with E-state index in [4.69, 9.17) is 15.2 Å². The molecule has 0 aliphatic carbocycles. The summed E-state index contributed by atoms with van der Waals surface area (Å²) >= 11 is 0. The van der Waals surface area contributed by atoms with Gasteiger partial charge in [-0.1, -0.05) is 51.1 Å². The van der Waals surface area contributed by atoms with Gasteiger partial charge in [0.05, 0.1) is 13.0 Å². The third-order valence-electron chi connectivity index (χ3n) is 4.50. The molecule has 3 atom stereocenters. The first kappa shape index (κ1) is 25.9. The Morgan fingerprint density at radius 3 is 2.19 bits per heavy atom. The number of ether oxygens (including phenoxy) is 2. The quantitative estimate of drug-likeness (QED) is 0.429. The summed E-state index contributed by atoms with van der Waals surface area (Å²) in [6.07, 6.45) is -0.507. The smallest absolute Gasteiger partial charge is 0.408 e. The van der Waals surface area contributed by atoms with E-state index in [0.29, 0.717) is 6.42 Å². The fourth-order valence-electron chi connectivity index (χ4n) is 2.96. The number of nitrogens with one attached hydrogen (secondary N) is 2. The summed E-state index contributed by atoms with van der Waals surface area (Å²) in [4.78, 5) is 48.6. The molecule has 1 aromatic carbocycles. The lowest BCUT2D eigenvalue weighted by molar-refractivity contribution is -0.145. The van der Waals surface area contributed by atoms with Gasteiger partial charge in [-0.2, -0.15) is 0 Å². The highest BCUT2D eigenvalue weighted by molar-refractivity contribution is 5.91. The Bertz CT molecular complexity index is 738. The molecule has 0 saturated heterocycles. The van der Waals surface area contributed by atoms with Crippen molar-refractivity contribution in [2.24, 2.45) is 17.6 Å². The van der Waals surface area contributed by atoms with Crippen molar-refractivity contribution in [2.75, 3.05) is 6.61 Å². The van der Waals surface area contributed by atoms with Crippen LogP contribution < -0.4 is 16.4 Å². The van der Waals surface area contributed by atoms with Gasteiger partial charge in [0.1, 0.15) is 18.7 Å². The highest BCUT2D eigenvalue weighted by Gasteiger charge is 2.31. The maximum atomic E-state index is 12.8. The Labute approximate surface area is 183 Å². The normalized spacial score (nSPS) is 13.6. The maximum Gasteiger partial charge on any atom is 0.408 e. The molecule has 0 bridgehead atoms. The number of carbonyl (C=O) groups is 4. The molecule has 3 amide bonds. The van der Waals surface area contributed by atoms with Crippen molar-refractivity contribution in [3.8, 4) is 0 Å². The van der Waals surface area contributed by atoms with Crippen molar-refractivity contribution >= 4 is 23.9 Å². The first-order chi connectivity index (χ1) is 14.6. The Morgan fingerprint density at radius 1 is 1.00 bits per heavy atom. The average Bonchev–Trinajstić information content (AvgIpc) is 2.70. The number of nitrogens with two attached hydrogens (primary N) is 1. The van der Waals surface area contributed by atoms with Gasteiger partial charge < -0.3 is 25.8 Å². The van der Waals surface area contributed by atoms with Crippen molar-refractivity contribution in [3.63, 3.8) is 0 Å². The van der Waals surface area contributed by atoms with E-state index in [0.717, 1.165) is 5.56 Å². The molecule has 0 fully saturated rings. The molecule has 172 valence electrons. The van der Waals surface area contributed by atoms with E-state index >= 15 is 0 Å². The predicted molar refractivity (Wildman–Crippen MR) is 115 cm³/mol. The van der Waals surface area contributed by atoms with E-state index in [1.54, 1.807) is 13.8 Å². The first-order valence-corrected chi connectivity index (χ1v) is 10.4. The first-order valence-electron chi connectivity index (χ1n) is 10.4. The minimum Gasteiger partial charge on any atom is -0.466 e. The van der Waals surface area contributed by atoms with Gasteiger partial charge in [-0.3, -0.25) is 14.4 Å². The number of benzene rings is 1. The SMILES string of the molecule is CCOC(=O)C[C@@H](C)[C@@H](NC(=O)[C@H](CC(C)C)NC(=O)OCc1ccccc1)C(N)=O.